The number of hydrogen-bond acceptors (Lipinski definition) is 2. The normalized spacial score (nSPS) is 13.1. The molecule has 0 spiro atoms. The van der Waals surface area contributed by atoms with Crippen molar-refractivity contribution in [1.29, 1.82) is 0 Å². The molecular weight excluding hydrogens is 266 g/mol. The molecule has 1 aromatic carbocycles. The summed E-state index contributed by atoms with van der Waals surface area (Å²) in [6.07, 6.45) is 0. The Kier molecular flexibility index (Phi) is 5.46. The van der Waals surface area contributed by atoms with Gasteiger partial charge >= 0.3 is 0 Å². The maximum Gasteiger partial charge on any atom is 0.0587 e. The number of aliphatic hydroxyl groups excluding tert-OH is 1. The Morgan fingerprint density at radius 3 is 2.56 bits per heavy atom. The van der Waals surface area contributed by atoms with Crippen LogP contribution in [-0.2, 0) is 6.54 Å². The van der Waals surface area contributed by atoms with Gasteiger partial charge in [0.15, 0.2) is 0 Å². The molecule has 0 aliphatic heterocycles. The van der Waals surface area contributed by atoms with Crippen molar-refractivity contribution in [2.75, 3.05) is 6.61 Å². The van der Waals surface area contributed by atoms with Crippen LogP contribution in [-0.4, -0.2) is 17.8 Å². The van der Waals surface area contributed by atoms with Crippen LogP contribution < -0.4 is 5.32 Å². The van der Waals surface area contributed by atoms with Gasteiger partial charge < -0.3 is 10.4 Å². The van der Waals surface area contributed by atoms with Crippen molar-refractivity contribution < 1.29 is 5.11 Å². The predicted molar refractivity (Wildman–Crippen MR) is 71.4 cm³/mol. The highest BCUT2D eigenvalue weighted by molar-refractivity contribution is 9.10. The van der Waals surface area contributed by atoms with E-state index in [4.69, 9.17) is 0 Å². The highest BCUT2D eigenvalue weighted by atomic mass is 79.9. The van der Waals surface area contributed by atoms with Gasteiger partial charge in [-0.3, -0.25) is 0 Å². The van der Waals surface area contributed by atoms with E-state index < -0.39 is 0 Å². The SMILES string of the molecule is Cc1ccc(CN[C@H](CO)C(C)C)c(Br)c1. The lowest BCUT2D eigenvalue weighted by Crippen LogP contribution is -2.36. The first-order valence-electron chi connectivity index (χ1n) is 5.64. The molecule has 1 atom stereocenters. The third-order valence-corrected chi connectivity index (χ3v) is 3.50. The van der Waals surface area contributed by atoms with Crippen LogP contribution in [0.5, 0.6) is 0 Å². The molecule has 0 heterocycles. The van der Waals surface area contributed by atoms with Crippen LogP contribution in [0, 0.1) is 12.8 Å². The van der Waals surface area contributed by atoms with Crippen molar-refractivity contribution in [1.82, 2.24) is 5.32 Å². The van der Waals surface area contributed by atoms with Crippen molar-refractivity contribution >= 4 is 15.9 Å². The summed E-state index contributed by atoms with van der Waals surface area (Å²) in [7, 11) is 0. The summed E-state index contributed by atoms with van der Waals surface area (Å²) in [5, 5.41) is 12.6. The smallest absolute Gasteiger partial charge is 0.0587 e. The highest BCUT2D eigenvalue weighted by Crippen LogP contribution is 2.18. The maximum atomic E-state index is 9.21. The topological polar surface area (TPSA) is 32.3 Å². The molecule has 0 aliphatic rings. The minimum atomic E-state index is 0.160. The first kappa shape index (κ1) is 13.7. The van der Waals surface area contributed by atoms with Crippen molar-refractivity contribution in [3.8, 4) is 0 Å². The van der Waals surface area contributed by atoms with Gasteiger partial charge in [0, 0.05) is 17.1 Å². The Bertz CT molecular complexity index is 339. The van der Waals surface area contributed by atoms with Crippen LogP contribution in [0.1, 0.15) is 25.0 Å². The minimum absolute atomic E-state index is 0.160. The Labute approximate surface area is 106 Å². The summed E-state index contributed by atoms with van der Waals surface area (Å²) >= 11 is 3.55. The molecule has 1 aromatic rings. The van der Waals surface area contributed by atoms with E-state index in [1.807, 2.05) is 0 Å². The molecule has 0 saturated carbocycles. The fraction of sp³-hybridized carbons (Fsp3) is 0.538. The number of halogens is 1. The van der Waals surface area contributed by atoms with Crippen molar-refractivity contribution in [3.63, 3.8) is 0 Å². The predicted octanol–water partition coefficient (Wildman–Crippen LogP) is 2.86. The number of aliphatic hydroxyl groups is 1. The number of nitrogens with one attached hydrogen (secondary N) is 1. The Morgan fingerprint density at radius 1 is 1.38 bits per heavy atom. The molecule has 16 heavy (non-hydrogen) atoms. The van der Waals surface area contributed by atoms with Crippen LogP contribution in [0.4, 0.5) is 0 Å². The largest absolute Gasteiger partial charge is 0.395 e. The van der Waals surface area contributed by atoms with Crippen LogP contribution in [0.15, 0.2) is 22.7 Å². The van der Waals surface area contributed by atoms with Gasteiger partial charge in [-0.05, 0) is 30.0 Å². The van der Waals surface area contributed by atoms with E-state index in [0.717, 1.165) is 11.0 Å². The number of hydrogen-bond donors (Lipinski definition) is 2. The molecule has 0 amide bonds. The summed E-state index contributed by atoms with van der Waals surface area (Å²) in [5.41, 5.74) is 2.47. The van der Waals surface area contributed by atoms with Gasteiger partial charge in [-0.15, -0.1) is 0 Å². The van der Waals surface area contributed by atoms with Crippen LogP contribution in [0.25, 0.3) is 0 Å². The second-order valence-corrected chi connectivity index (χ2v) is 5.36. The van der Waals surface area contributed by atoms with Crippen LogP contribution in [0.3, 0.4) is 0 Å². The summed E-state index contributed by atoms with van der Waals surface area (Å²) in [5.74, 6) is 0.439. The Hall–Kier alpha value is -0.380. The molecule has 2 nitrogen and oxygen atoms in total. The van der Waals surface area contributed by atoms with Crippen molar-refractivity contribution in [2.45, 2.75) is 33.4 Å². The zero-order valence-corrected chi connectivity index (χ0v) is 11.7. The lowest BCUT2D eigenvalue weighted by atomic mass is 10.0. The molecular formula is C13H20BrNO. The van der Waals surface area contributed by atoms with E-state index >= 15 is 0 Å². The van der Waals surface area contributed by atoms with Crippen molar-refractivity contribution in [3.05, 3.63) is 33.8 Å². The van der Waals surface area contributed by atoms with E-state index in [9.17, 15) is 5.11 Å². The summed E-state index contributed by atoms with van der Waals surface area (Å²) in [4.78, 5) is 0. The highest BCUT2D eigenvalue weighted by Gasteiger charge is 2.11. The molecule has 0 aromatic heterocycles. The zero-order chi connectivity index (χ0) is 12.1. The Balaban J connectivity index is 2.60. The molecule has 0 bridgehead atoms. The number of aryl methyl sites for hydroxylation is 1. The van der Waals surface area contributed by atoms with Gasteiger partial charge in [-0.25, -0.2) is 0 Å². The minimum Gasteiger partial charge on any atom is -0.395 e. The average Bonchev–Trinajstić information content (AvgIpc) is 2.21. The van der Waals surface area contributed by atoms with Gasteiger partial charge in [0.1, 0.15) is 0 Å². The first-order valence-corrected chi connectivity index (χ1v) is 6.43. The molecule has 3 heteroatoms. The fourth-order valence-electron chi connectivity index (χ4n) is 1.55. The molecule has 2 N–H and O–H groups in total. The molecule has 90 valence electrons. The lowest BCUT2D eigenvalue weighted by molar-refractivity contribution is 0.210. The van der Waals surface area contributed by atoms with Crippen molar-refractivity contribution in [2.24, 2.45) is 5.92 Å². The number of benzene rings is 1. The first-order chi connectivity index (χ1) is 7.54. The van der Waals surface area contributed by atoms with E-state index in [1.54, 1.807) is 0 Å². The average molecular weight is 286 g/mol. The fourth-order valence-corrected chi connectivity index (χ4v) is 2.18. The monoisotopic (exact) mass is 285 g/mol. The van der Waals surface area contributed by atoms with Gasteiger partial charge in [-0.1, -0.05) is 41.9 Å². The van der Waals surface area contributed by atoms with Gasteiger partial charge in [0.2, 0.25) is 0 Å². The maximum absolute atomic E-state index is 9.21. The molecule has 0 fully saturated rings. The molecule has 0 unspecified atom stereocenters. The standard InChI is InChI=1S/C13H20BrNO/c1-9(2)13(8-16)15-7-11-5-4-10(3)6-12(11)14/h4-6,9,13,15-16H,7-8H2,1-3H3/t13-/m1/s1. The second kappa shape index (κ2) is 6.38. The van der Waals surface area contributed by atoms with Crippen LogP contribution >= 0.6 is 15.9 Å². The quantitative estimate of drug-likeness (QED) is 0.872. The van der Waals surface area contributed by atoms with Gasteiger partial charge in [0.05, 0.1) is 6.61 Å². The summed E-state index contributed by atoms with van der Waals surface area (Å²) < 4.78 is 1.13. The molecule has 0 radical (unpaired) electrons. The van der Waals surface area contributed by atoms with E-state index in [-0.39, 0.29) is 12.6 Å². The van der Waals surface area contributed by atoms with E-state index in [1.165, 1.54) is 11.1 Å². The molecule has 0 aliphatic carbocycles. The van der Waals surface area contributed by atoms with Gasteiger partial charge in [0.25, 0.3) is 0 Å². The molecule has 1 rings (SSSR count). The van der Waals surface area contributed by atoms with E-state index in [2.05, 4.69) is 60.2 Å². The summed E-state index contributed by atoms with van der Waals surface area (Å²) in [6, 6.07) is 6.49. The summed E-state index contributed by atoms with van der Waals surface area (Å²) in [6.45, 7) is 7.26. The van der Waals surface area contributed by atoms with Crippen LogP contribution in [0.2, 0.25) is 0 Å². The van der Waals surface area contributed by atoms with E-state index in [0.29, 0.717) is 5.92 Å². The Morgan fingerprint density at radius 2 is 2.06 bits per heavy atom. The third kappa shape index (κ3) is 3.89. The van der Waals surface area contributed by atoms with Gasteiger partial charge in [-0.2, -0.15) is 0 Å². The second-order valence-electron chi connectivity index (χ2n) is 4.51. The molecule has 0 saturated heterocycles. The zero-order valence-electron chi connectivity index (χ0n) is 10.1. The third-order valence-electron chi connectivity index (χ3n) is 2.76. The number of rotatable bonds is 5. The lowest BCUT2D eigenvalue weighted by Gasteiger charge is -2.20.